The van der Waals surface area contributed by atoms with Crippen molar-refractivity contribution in [1.82, 2.24) is 14.9 Å². The Hall–Kier alpha value is -4.41. The number of thiocarbonyl (C=S) groups is 1. The summed E-state index contributed by atoms with van der Waals surface area (Å²) in [6, 6.07) is 21.8. The summed E-state index contributed by atoms with van der Waals surface area (Å²) in [5.74, 6) is 0.413. The maximum Gasteiger partial charge on any atom is 0.250 e. The Kier molecular flexibility index (Phi) is 7.25. The van der Waals surface area contributed by atoms with E-state index >= 15 is 0 Å². The maximum absolute atomic E-state index is 12.3. The molecule has 0 spiro atoms. The van der Waals surface area contributed by atoms with E-state index in [4.69, 9.17) is 21.7 Å². The molecule has 0 saturated carbocycles. The monoisotopic (exact) mass is 529 g/mol. The summed E-state index contributed by atoms with van der Waals surface area (Å²) in [5, 5.41) is 16.6. The number of hydrogen-bond donors (Lipinski definition) is 3. The van der Waals surface area contributed by atoms with Crippen LogP contribution in [0.15, 0.2) is 85.2 Å². The molecule has 1 fully saturated rings. The summed E-state index contributed by atoms with van der Waals surface area (Å²) in [6.07, 6.45) is 3.73. The van der Waals surface area contributed by atoms with E-state index in [2.05, 4.69) is 20.2 Å². The van der Waals surface area contributed by atoms with E-state index in [-0.39, 0.29) is 30.3 Å². The van der Waals surface area contributed by atoms with Crippen molar-refractivity contribution < 1.29 is 19.4 Å². The minimum atomic E-state index is -0.297. The first-order valence-corrected chi connectivity index (χ1v) is 12.3. The fourth-order valence-electron chi connectivity index (χ4n) is 4.68. The van der Waals surface area contributed by atoms with Gasteiger partial charge in [0.1, 0.15) is 24.1 Å². The van der Waals surface area contributed by atoms with Crippen molar-refractivity contribution in [2.24, 2.45) is 0 Å². The van der Waals surface area contributed by atoms with Crippen LogP contribution in [0.4, 0.5) is 11.4 Å². The van der Waals surface area contributed by atoms with Crippen molar-refractivity contribution in [1.29, 1.82) is 0 Å². The predicted molar refractivity (Wildman–Crippen MR) is 149 cm³/mol. The number of ether oxygens (including phenoxy) is 2. The third kappa shape index (κ3) is 4.91. The number of aromatic nitrogens is 2. The van der Waals surface area contributed by atoms with E-state index in [9.17, 15) is 9.90 Å². The molecule has 2 atom stereocenters. The molecule has 38 heavy (non-hydrogen) atoms. The molecule has 4 aromatic rings. The van der Waals surface area contributed by atoms with Crippen molar-refractivity contribution in [3.05, 3.63) is 96.6 Å². The molecular formula is C28H27N5O4S. The van der Waals surface area contributed by atoms with Crippen LogP contribution in [0.3, 0.4) is 0 Å². The fourth-order valence-corrected chi connectivity index (χ4v) is 5.02. The van der Waals surface area contributed by atoms with Gasteiger partial charge in [-0.2, -0.15) is 0 Å². The Morgan fingerprint density at radius 1 is 1.08 bits per heavy atom. The molecule has 3 N–H and O–H groups in total. The summed E-state index contributed by atoms with van der Waals surface area (Å²) in [4.78, 5) is 19.0. The number of aromatic hydroxyl groups is 1. The molecule has 2 aromatic carbocycles. The number of methoxy groups -OCH3 is 2. The van der Waals surface area contributed by atoms with Crippen LogP contribution in [0.25, 0.3) is 5.69 Å². The zero-order valence-corrected chi connectivity index (χ0v) is 21.7. The number of phenols is 1. The topological polar surface area (TPSA) is 101 Å². The molecule has 0 radical (unpaired) electrons. The lowest BCUT2D eigenvalue weighted by Crippen LogP contribution is -2.30. The second-order valence-corrected chi connectivity index (χ2v) is 9.07. The van der Waals surface area contributed by atoms with Gasteiger partial charge in [0, 0.05) is 36.6 Å². The maximum atomic E-state index is 12.3. The van der Waals surface area contributed by atoms with Crippen LogP contribution in [0.5, 0.6) is 11.5 Å². The molecule has 3 heterocycles. The number of pyridine rings is 1. The molecule has 1 saturated heterocycles. The van der Waals surface area contributed by atoms with Crippen molar-refractivity contribution in [2.75, 3.05) is 31.0 Å². The molecule has 9 nitrogen and oxygen atoms in total. The molecule has 1 aliphatic rings. The van der Waals surface area contributed by atoms with Crippen molar-refractivity contribution in [3.8, 4) is 17.2 Å². The molecule has 194 valence electrons. The average molecular weight is 530 g/mol. The second-order valence-electron chi connectivity index (χ2n) is 8.68. The van der Waals surface area contributed by atoms with Crippen LogP contribution in [0, 0.1) is 0 Å². The van der Waals surface area contributed by atoms with Gasteiger partial charge in [-0.15, -0.1) is 0 Å². The Labute approximate surface area is 225 Å². The summed E-state index contributed by atoms with van der Waals surface area (Å²) in [5.41, 5.74) is 3.95. The lowest BCUT2D eigenvalue weighted by Gasteiger charge is -2.29. The highest BCUT2D eigenvalue weighted by atomic mass is 32.1. The van der Waals surface area contributed by atoms with Gasteiger partial charge < -0.3 is 34.7 Å². The van der Waals surface area contributed by atoms with Crippen LogP contribution in [-0.2, 0) is 9.53 Å². The van der Waals surface area contributed by atoms with Gasteiger partial charge in [-0.3, -0.25) is 9.78 Å². The van der Waals surface area contributed by atoms with Gasteiger partial charge in [-0.05, 0) is 78.9 Å². The second kappa shape index (κ2) is 10.9. The number of anilines is 2. The first kappa shape index (κ1) is 25.2. The van der Waals surface area contributed by atoms with E-state index in [1.807, 2.05) is 65.7 Å². The van der Waals surface area contributed by atoms with E-state index < -0.39 is 0 Å². The molecule has 10 heteroatoms. The zero-order valence-electron chi connectivity index (χ0n) is 20.9. The number of benzene rings is 2. The minimum Gasteiger partial charge on any atom is -0.508 e. The molecule has 1 aliphatic heterocycles. The van der Waals surface area contributed by atoms with E-state index in [0.29, 0.717) is 16.5 Å². The van der Waals surface area contributed by atoms with E-state index in [1.165, 1.54) is 7.11 Å². The summed E-state index contributed by atoms with van der Waals surface area (Å²) in [7, 11) is 3.01. The van der Waals surface area contributed by atoms with Gasteiger partial charge >= 0.3 is 0 Å². The predicted octanol–water partition coefficient (Wildman–Crippen LogP) is 4.35. The molecule has 0 unspecified atom stereocenters. The van der Waals surface area contributed by atoms with Crippen LogP contribution in [-0.4, -0.2) is 46.5 Å². The number of hydrogen-bond acceptors (Lipinski definition) is 6. The highest BCUT2D eigenvalue weighted by Crippen LogP contribution is 2.43. The fraction of sp³-hybridized carbons (Fsp3) is 0.179. The normalized spacial score (nSPS) is 16.8. The van der Waals surface area contributed by atoms with Crippen LogP contribution in [0.1, 0.15) is 23.5 Å². The number of nitrogens with one attached hydrogen (secondary N) is 2. The number of rotatable bonds is 8. The van der Waals surface area contributed by atoms with Crippen LogP contribution >= 0.6 is 12.2 Å². The molecule has 0 aliphatic carbocycles. The molecule has 0 bridgehead atoms. The number of amides is 1. The SMILES string of the molecule is COCC(=O)Nc1cc(N2C(=S)N[C@H](c3ccccn3)[C@H]2c2cccn2-c2ccc(O)cc2)ccc1OC. The van der Waals surface area contributed by atoms with Crippen LogP contribution < -0.4 is 20.3 Å². The van der Waals surface area contributed by atoms with Gasteiger partial charge in [0.05, 0.1) is 24.5 Å². The average Bonchev–Trinajstić information content (AvgIpc) is 3.54. The third-order valence-electron chi connectivity index (χ3n) is 6.32. The van der Waals surface area contributed by atoms with E-state index in [1.54, 1.807) is 31.5 Å². The number of carbonyl (C=O) groups excluding carboxylic acids is 1. The molecular weight excluding hydrogens is 502 g/mol. The Bertz CT molecular complexity index is 1440. The third-order valence-corrected chi connectivity index (χ3v) is 6.63. The van der Waals surface area contributed by atoms with Crippen molar-refractivity contribution in [2.45, 2.75) is 12.1 Å². The highest BCUT2D eigenvalue weighted by Gasteiger charge is 2.42. The molecule has 2 aromatic heterocycles. The lowest BCUT2D eigenvalue weighted by molar-refractivity contribution is -0.119. The van der Waals surface area contributed by atoms with Crippen molar-refractivity contribution >= 4 is 34.6 Å². The first-order chi connectivity index (χ1) is 18.5. The minimum absolute atomic E-state index is 0.0818. The quantitative estimate of drug-likeness (QED) is 0.290. The summed E-state index contributed by atoms with van der Waals surface area (Å²) in [6.45, 7) is -0.0818. The summed E-state index contributed by atoms with van der Waals surface area (Å²) < 4.78 is 12.5. The number of nitrogens with zero attached hydrogens (tertiary/aromatic N) is 3. The van der Waals surface area contributed by atoms with Gasteiger partial charge in [-0.25, -0.2) is 0 Å². The van der Waals surface area contributed by atoms with Gasteiger partial charge in [0.25, 0.3) is 0 Å². The van der Waals surface area contributed by atoms with Crippen molar-refractivity contribution in [3.63, 3.8) is 0 Å². The van der Waals surface area contributed by atoms with Crippen LogP contribution in [0.2, 0.25) is 0 Å². The first-order valence-electron chi connectivity index (χ1n) is 11.9. The largest absolute Gasteiger partial charge is 0.508 e. The Morgan fingerprint density at radius 3 is 2.58 bits per heavy atom. The summed E-state index contributed by atoms with van der Waals surface area (Å²) >= 11 is 5.87. The Morgan fingerprint density at radius 2 is 1.87 bits per heavy atom. The number of carbonyl (C=O) groups is 1. The molecule has 5 rings (SSSR count). The van der Waals surface area contributed by atoms with Gasteiger partial charge in [0.15, 0.2) is 5.11 Å². The van der Waals surface area contributed by atoms with E-state index in [0.717, 1.165) is 22.8 Å². The van der Waals surface area contributed by atoms with Gasteiger partial charge in [0.2, 0.25) is 5.91 Å². The zero-order chi connectivity index (χ0) is 26.6. The standard InChI is InChI=1S/C28H27N5O4S/c1-36-17-25(35)30-22-16-19(10-13-24(22)37-2)33-27(26(31-28(33)38)21-6-3-4-14-29-21)23-7-5-15-32(23)18-8-11-20(34)12-9-18/h3-16,26-27,34H,17H2,1-2H3,(H,30,35)(H,31,38)/t26-,27-/m1/s1. The highest BCUT2D eigenvalue weighted by molar-refractivity contribution is 7.80. The lowest BCUT2D eigenvalue weighted by atomic mass is 10.0. The number of phenolic OH excluding ortho intramolecular Hbond substituents is 1. The Balaban J connectivity index is 1.62. The van der Waals surface area contributed by atoms with Gasteiger partial charge in [-0.1, -0.05) is 6.07 Å². The molecule has 1 amide bonds. The smallest absolute Gasteiger partial charge is 0.250 e.